The molecule has 2 N–H and O–H groups in total. The first-order valence-corrected chi connectivity index (χ1v) is 8.32. The third-order valence-electron chi connectivity index (χ3n) is 3.88. The molecule has 0 amide bonds. The molecule has 1 aromatic rings. The molecular weight excluding hydrogens is 304 g/mol. The van der Waals surface area contributed by atoms with Crippen LogP contribution in [0, 0.1) is 11.8 Å². The van der Waals surface area contributed by atoms with Crippen LogP contribution in [-0.2, 0) is 11.3 Å². The summed E-state index contributed by atoms with van der Waals surface area (Å²) in [5.74, 6) is 1.01. The molecule has 0 bridgehead atoms. The van der Waals surface area contributed by atoms with E-state index in [1.165, 1.54) is 0 Å². The summed E-state index contributed by atoms with van der Waals surface area (Å²) >= 11 is 0. The van der Waals surface area contributed by atoms with Gasteiger partial charge >= 0.3 is 0 Å². The molecule has 4 nitrogen and oxygen atoms in total. The highest BCUT2D eigenvalue weighted by molar-refractivity contribution is 5.26. The zero-order valence-electron chi connectivity index (χ0n) is 15.1. The zero-order valence-corrected chi connectivity index (χ0v) is 15.1. The van der Waals surface area contributed by atoms with E-state index in [1.807, 2.05) is 57.2 Å². The molecule has 0 saturated heterocycles. The average molecular weight is 334 g/mol. The van der Waals surface area contributed by atoms with Crippen molar-refractivity contribution in [1.82, 2.24) is 0 Å². The molecule has 0 heterocycles. The van der Waals surface area contributed by atoms with Crippen LogP contribution in [0.15, 0.2) is 48.1 Å². The summed E-state index contributed by atoms with van der Waals surface area (Å²) in [6, 6.07) is 7.76. The summed E-state index contributed by atoms with van der Waals surface area (Å²) in [4.78, 5) is 0. The van der Waals surface area contributed by atoms with Gasteiger partial charge in [0.25, 0.3) is 0 Å². The number of benzene rings is 1. The summed E-state index contributed by atoms with van der Waals surface area (Å²) in [6.07, 6.45) is 5.10. The first kappa shape index (κ1) is 20.4. The van der Waals surface area contributed by atoms with Crippen LogP contribution in [0.25, 0.3) is 0 Å². The lowest BCUT2D eigenvalue weighted by molar-refractivity contribution is 0.0430. The topological polar surface area (TPSA) is 58.9 Å². The maximum atomic E-state index is 10.4. The smallest absolute Gasteiger partial charge is 0.118 e. The Morgan fingerprint density at radius 3 is 2.46 bits per heavy atom. The van der Waals surface area contributed by atoms with Gasteiger partial charge in [-0.2, -0.15) is 0 Å². The van der Waals surface area contributed by atoms with Gasteiger partial charge < -0.3 is 19.7 Å². The van der Waals surface area contributed by atoms with E-state index in [1.54, 1.807) is 13.2 Å². The van der Waals surface area contributed by atoms with Crippen LogP contribution in [-0.4, -0.2) is 36.6 Å². The highest BCUT2D eigenvalue weighted by Gasteiger charge is 2.16. The third kappa shape index (κ3) is 7.30. The van der Waals surface area contributed by atoms with Crippen molar-refractivity contribution in [2.75, 3.05) is 20.3 Å². The molecule has 0 aliphatic rings. The van der Waals surface area contributed by atoms with E-state index in [2.05, 4.69) is 0 Å². The van der Waals surface area contributed by atoms with Gasteiger partial charge in [0.1, 0.15) is 5.75 Å². The molecule has 24 heavy (non-hydrogen) atoms. The van der Waals surface area contributed by atoms with E-state index in [-0.39, 0.29) is 18.4 Å². The van der Waals surface area contributed by atoms with Gasteiger partial charge in [-0.3, -0.25) is 0 Å². The van der Waals surface area contributed by atoms with Crippen LogP contribution in [0.4, 0.5) is 0 Å². The van der Waals surface area contributed by atoms with E-state index in [0.29, 0.717) is 13.2 Å². The molecule has 0 spiro atoms. The molecule has 0 unspecified atom stereocenters. The van der Waals surface area contributed by atoms with Gasteiger partial charge in [-0.05, 0) is 36.1 Å². The summed E-state index contributed by atoms with van der Waals surface area (Å²) < 4.78 is 10.8. The van der Waals surface area contributed by atoms with Gasteiger partial charge in [0, 0.05) is 5.92 Å². The van der Waals surface area contributed by atoms with Crippen molar-refractivity contribution in [1.29, 1.82) is 0 Å². The lowest BCUT2D eigenvalue weighted by Gasteiger charge is -2.20. The quantitative estimate of drug-likeness (QED) is 0.644. The first-order chi connectivity index (χ1) is 11.5. The molecule has 134 valence electrons. The molecule has 1 rings (SSSR count). The zero-order chi connectivity index (χ0) is 17.9. The number of hydrogen-bond acceptors (Lipinski definition) is 4. The summed E-state index contributed by atoms with van der Waals surface area (Å²) in [7, 11) is 1.64. The summed E-state index contributed by atoms with van der Waals surface area (Å²) in [5.41, 5.74) is 2.00. The Kier molecular flexibility index (Phi) is 9.38. The number of allylic oxidation sites excluding steroid dienone is 2. The van der Waals surface area contributed by atoms with Gasteiger partial charge in [0.15, 0.2) is 0 Å². The second kappa shape index (κ2) is 11.0. The standard InChI is InChI=1S/C20H30O4/c1-15(6-5-11-21)12-16(2)20(22)17(3)13-24-14-18-7-9-19(23-4)10-8-18/h5-10,12,15,17,20-22H,11,13-14H2,1-4H3/b6-5+,16-12-/t15-,17+,20-/m1/s1. The normalized spacial score (nSPS) is 16.2. The molecular formula is C20H30O4. The molecule has 1 aromatic carbocycles. The monoisotopic (exact) mass is 334 g/mol. The SMILES string of the molecule is COc1ccc(COC[C@H](C)[C@H](O)/C(C)=C\[C@H](C)/C=C/CO)cc1. The molecule has 0 fully saturated rings. The van der Waals surface area contributed by atoms with Crippen LogP contribution in [0.3, 0.4) is 0 Å². The minimum Gasteiger partial charge on any atom is -0.497 e. The molecule has 0 saturated carbocycles. The lowest BCUT2D eigenvalue weighted by atomic mass is 9.96. The van der Waals surface area contributed by atoms with Gasteiger partial charge in [-0.25, -0.2) is 0 Å². The second-order valence-corrected chi connectivity index (χ2v) is 6.17. The average Bonchev–Trinajstić information content (AvgIpc) is 2.59. The molecule has 4 heteroatoms. The number of hydrogen-bond donors (Lipinski definition) is 2. The fourth-order valence-corrected chi connectivity index (χ4v) is 2.47. The Hall–Kier alpha value is -1.62. The van der Waals surface area contributed by atoms with Crippen molar-refractivity contribution in [3.8, 4) is 5.75 Å². The largest absolute Gasteiger partial charge is 0.497 e. The maximum absolute atomic E-state index is 10.4. The predicted octanol–water partition coefficient (Wildman–Crippen LogP) is 3.34. The minimum absolute atomic E-state index is 0.00789. The highest BCUT2D eigenvalue weighted by Crippen LogP contribution is 2.17. The van der Waals surface area contributed by atoms with E-state index < -0.39 is 6.10 Å². The van der Waals surface area contributed by atoms with Crippen LogP contribution in [0.2, 0.25) is 0 Å². The van der Waals surface area contributed by atoms with Crippen LogP contribution >= 0.6 is 0 Å². The van der Waals surface area contributed by atoms with Gasteiger partial charge in [0.05, 0.1) is 33.0 Å². The Bertz CT molecular complexity index is 519. The second-order valence-electron chi connectivity index (χ2n) is 6.17. The summed E-state index contributed by atoms with van der Waals surface area (Å²) in [5, 5.41) is 19.2. The lowest BCUT2D eigenvalue weighted by Crippen LogP contribution is -2.23. The first-order valence-electron chi connectivity index (χ1n) is 8.32. The Morgan fingerprint density at radius 2 is 1.88 bits per heavy atom. The van der Waals surface area contributed by atoms with Gasteiger partial charge in [-0.15, -0.1) is 0 Å². The van der Waals surface area contributed by atoms with E-state index in [9.17, 15) is 5.11 Å². The van der Waals surface area contributed by atoms with Crippen molar-refractivity contribution < 1.29 is 19.7 Å². The van der Waals surface area contributed by atoms with Crippen molar-refractivity contribution in [2.24, 2.45) is 11.8 Å². The number of aliphatic hydroxyl groups is 2. The van der Waals surface area contributed by atoms with E-state index in [4.69, 9.17) is 14.6 Å². The minimum atomic E-state index is -0.536. The molecule has 3 atom stereocenters. The maximum Gasteiger partial charge on any atom is 0.118 e. The molecule has 0 aliphatic heterocycles. The number of ether oxygens (including phenoxy) is 2. The van der Waals surface area contributed by atoms with Crippen LogP contribution in [0.1, 0.15) is 26.3 Å². The van der Waals surface area contributed by atoms with Gasteiger partial charge in [0.2, 0.25) is 0 Å². The fraction of sp³-hybridized carbons (Fsp3) is 0.500. The molecule has 0 radical (unpaired) electrons. The predicted molar refractivity (Wildman–Crippen MR) is 97.0 cm³/mol. The van der Waals surface area contributed by atoms with Crippen molar-refractivity contribution in [3.05, 3.63) is 53.6 Å². The van der Waals surface area contributed by atoms with Crippen LogP contribution < -0.4 is 4.74 Å². The Balaban J connectivity index is 2.43. The van der Waals surface area contributed by atoms with E-state index in [0.717, 1.165) is 16.9 Å². The van der Waals surface area contributed by atoms with Crippen molar-refractivity contribution in [3.63, 3.8) is 0 Å². The Labute approximate surface area is 145 Å². The van der Waals surface area contributed by atoms with E-state index >= 15 is 0 Å². The van der Waals surface area contributed by atoms with Crippen LogP contribution in [0.5, 0.6) is 5.75 Å². The molecule has 0 aromatic heterocycles. The van der Waals surface area contributed by atoms with Crippen molar-refractivity contribution >= 4 is 0 Å². The fourth-order valence-electron chi connectivity index (χ4n) is 2.47. The number of aliphatic hydroxyl groups excluding tert-OH is 2. The molecule has 0 aliphatic carbocycles. The number of methoxy groups -OCH3 is 1. The number of rotatable bonds is 10. The van der Waals surface area contributed by atoms with Gasteiger partial charge in [-0.1, -0.05) is 44.2 Å². The summed E-state index contributed by atoms with van der Waals surface area (Å²) in [6.45, 7) is 6.96. The third-order valence-corrected chi connectivity index (χ3v) is 3.88. The Morgan fingerprint density at radius 1 is 1.21 bits per heavy atom. The van der Waals surface area contributed by atoms with Crippen molar-refractivity contribution in [2.45, 2.75) is 33.5 Å². The highest BCUT2D eigenvalue weighted by atomic mass is 16.5.